The maximum Gasteiger partial charge on any atom is 0.203 e. The molecule has 0 saturated carbocycles. The average molecular weight is 261 g/mol. The van der Waals surface area contributed by atoms with Gasteiger partial charge in [-0.25, -0.2) is 9.37 Å². The van der Waals surface area contributed by atoms with Gasteiger partial charge in [-0.15, -0.1) is 0 Å². The van der Waals surface area contributed by atoms with Gasteiger partial charge in [0.15, 0.2) is 0 Å². The fourth-order valence-corrected chi connectivity index (χ4v) is 2.01. The molecule has 1 heterocycles. The Hall–Kier alpha value is -1.84. The van der Waals surface area contributed by atoms with Crippen molar-refractivity contribution in [2.24, 2.45) is 0 Å². The quantitative estimate of drug-likeness (QED) is 0.858. The number of nitrogens with zero attached hydrogens (tertiary/aromatic N) is 2. The summed E-state index contributed by atoms with van der Waals surface area (Å²) in [5.74, 6) is 0.653. The van der Waals surface area contributed by atoms with Crippen LogP contribution in [0, 0.1) is 12.7 Å². The topological polar surface area (TPSA) is 29.9 Å². The number of hydrogen-bond acceptors (Lipinski definition) is 2. The van der Waals surface area contributed by atoms with Gasteiger partial charge in [0.1, 0.15) is 5.82 Å². The standard InChI is InChI=1S/C15H20FN3/c1-3-4-8-19-11-12(2)18-15(19)17-10-13-6-5-7-14(16)9-13/h5-7,9,11H,3-4,8,10H2,1-2H3,(H,17,18). The summed E-state index contributed by atoms with van der Waals surface area (Å²) in [5, 5.41) is 3.27. The Morgan fingerprint density at radius 2 is 2.21 bits per heavy atom. The van der Waals surface area contributed by atoms with E-state index in [4.69, 9.17) is 0 Å². The van der Waals surface area contributed by atoms with Crippen LogP contribution >= 0.6 is 0 Å². The third-order valence-electron chi connectivity index (χ3n) is 2.99. The zero-order valence-electron chi connectivity index (χ0n) is 11.5. The number of imidazole rings is 1. The van der Waals surface area contributed by atoms with Gasteiger partial charge in [-0.3, -0.25) is 0 Å². The Labute approximate surface area is 113 Å². The molecule has 1 N–H and O–H groups in total. The van der Waals surface area contributed by atoms with Gasteiger partial charge in [0.2, 0.25) is 5.95 Å². The maximum atomic E-state index is 13.1. The van der Waals surface area contributed by atoms with Gasteiger partial charge >= 0.3 is 0 Å². The Bertz CT molecular complexity index is 534. The predicted molar refractivity (Wildman–Crippen MR) is 75.6 cm³/mol. The van der Waals surface area contributed by atoms with Crippen LogP contribution in [-0.2, 0) is 13.1 Å². The molecule has 0 amide bonds. The van der Waals surface area contributed by atoms with Crippen molar-refractivity contribution in [1.29, 1.82) is 0 Å². The van der Waals surface area contributed by atoms with Crippen LogP contribution in [0.25, 0.3) is 0 Å². The van der Waals surface area contributed by atoms with E-state index in [0.29, 0.717) is 6.54 Å². The summed E-state index contributed by atoms with van der Waals surface area (Å²) in [6, 6.07) is 6.62. The molecule has 0 saturated heterocycles. The summed E-state index contributed by atoms with van der Waals surface area (Å²) in [6.45, 7) is 5.70. The van der Waals surface area contributed by atoms with Crippen LogP contribution < -0.4 is 5.32 Å². The third kappa shape index (κ3) is 3.81. The molecule has 1 aromatic heterocycles. The molecule has 0 aliphatic rings. The normalized spacial score (nSPS) is 10.7. The molecule has 0 atom stereocenters. The van der Waals surface area contributed by atoms with Crippen LogP contribution in [0.5, 0.6) is 0 Å². The Morgan fingerprint density at radius 1 is 1.37 bits per heavy atom. The van der Waals surface area contributed by atoms with Crippen LogP contribution in [0.2, 0.25) is 0 Å². The van der Waals surface area contributed by atoms with Crippen LogP contribution in [0.4, 0.5) is 10.3 Å². The first-order chi connectivity index (χ1) is 9.19. The zero-order valence-corrected chi connectivity index (χ0v) is 11.5. The molecule has 0 bridgehead atoms. The molecule has 102 valence electrons. The van der Waals surface area contributed by atoms with Crippen LogP contribution in [0.3, 0.4) is 0 Å². The van der Waals surface area contributed by atoms with E-state index in [1.54, 1.807) is 12.1 Å². The highest BCUT2D eigenvalue weighted by atomic mass is 19.1. The van der Waals surface area contributed by atoms with E-state index >= 15 is 0 Å². The second-order valence-corrected chi connectivity index (χ2v) is 4.74. The van der Waals surface area contributed by atoms with Gasteiger partial charge < -0.3 is 9.88 Å². The molecule has 19 heavy (non-hydrogen) atoms. The number of anilines is 1. The lowest BCUT2D eigenvalue weighted by Crippen LogP contribution is -2.07. The number of halogens is 1. The molecule has 0 spiro atoms. The van der Waals surface area contributed by atoms with E-state index in [2.05, 4.69) is 21.8 Å². The van der Waals surface area contributed by atoms with Gasteiger partial charge in [-0.05, 0) is 31.0 Å². The summed E-state index contributed by atoms with van der Waals surface area (Å²) in [7, 11) is 0. The SMILES string of the molecule is CCCCn1cc(C)nc1NCc1cccc(F)c1. The van der Waals surface area contributed by atoms with Gasteiger partial charge in [-0.1, -0.05) is 25.5 Å². The summed E-state index contributed by atoms with van der Waals surface area (Å²) in [6.07, 6.45) is 4.33. The summed E-state index contributed by atoms with van der Waals surface area (Å²) in [4.78, 5) is 4.46. The Morgan fingerprint density at radius 3 is 2.95 bits per heavy atom. The minimum Gasteiger partial charge on any atom is -0.352 e. The highest BCUT2D eigenvalue weighted by molar-refractivity contribution is 5.31. The third-order valence-corrected chi connectivity index (χ3v) is 2.99. The van der Waals surface area contributed by atoms with Crippen LogP contribution in [0.1, 0.15) is 31.0 Å². The zero-order chi connectivity index (χ0) is 13.7. The lowest BCUT2D eigenvalue weighted by atomic mass is 10.2. The molecular weight excluding hydrogens is 241 g/mol. The molecule has 2 rings (SSSR count). The highest BCUT2D eigenvalue weighted by Crippen LogP contribution is 2.12. The average Bonchev–Trinajstić information content (AvgIpc) is 2.74. The molecule has 0 fully saturated rings. The second kappa shape index (κ2) is 6.36. The van der Waals surface area contributed by atoms with Crippen LogP contribution in [0.15, 0.2) is 30.5 Å². The van der Waals surface area contributed by atoms with Crippen molar-refractivity contribution >= 4 is 5.95 Å². The van der Waals surface area contributed by atoms with E-state index in [0.717, 1.165) is 36.6 Å². The number of unbranched alkanes of at least 4 members (excludes halogenated alkanes) is 1. The molecule has 0 radical (unpaired) electrons. The molecule has 0 aliphatic carbocycles. The van der Waals surface area contributed by atoms with Crippen LogP contribution in [-0.4, -0.2) is 9.55 Å². The number of aryl methyl sites for hydroxylation is 2. The van der Waals surface area contributed by atoms with Crippen molar-refractivity contribution < 1.29 is 4.39 Å². The molecule has 1 aromatic carbocycles. The number of aromatic nitrogens is 2. The van der Waals surface area contributed by atoms with E-state index in [-0.39, 0.29) is 5.82 Å². The smallest absolute Gasteiger partial charge is 0.203 e. The summed E-state index contributed by atoms with van der Waals surface area (Å²) >= 11 is 0. The molecule has 0 aliphatic heterocycles. The van der Waals surface area contributed by atoms with Gasteiger partial charge in [-0.2, -0.15) is 0 Å². The monoisotopic (exact) mass is 261 g/mol. The van der Waals surface area contributed by atoms with Gasteiger partial charge in [0.25, 0.3) is 0 Å². The fraction of sp³-hybridized carbons (Fsp3) is 0.400. The fourth-order valence-electron chi connectivity index (χ4n) is 2.01. The van der Waals surface area contributed by atoms with Crippen molar-refractivity contribution in [2.75, 3.05) is 5.32 Å². The van der Waals surface area contributed by atoms with Gasteiger partial charge in [0, 0.05) is 19.3 Å². The maximum absolute atomic E-state index is 13.1. The molecule has 0 unspecified atom stereocenters. The van der Waals surface area contributed by atoms with E-state index in [1.165, 1.54) is 6.07 Å². The van der Waals surface area contributed by atoms with Crippen molar-refractivity contribution in [2.45, 2.75) is 39.8 Å². The van der Waals surface area contributed by atoms with Crippen molar-refractivity contribution in [3.63, 3.8) is 0 Å². The molecule has 4 heteroatoms. The van der Waals surface area contributed by atoms with Gasteiger partial charge in [0.05, 0.1) is 5.69 Å². The van der Waals surface area contributed by atoms with E-state index in [9.17, 15) is 4.39 Å². The second-order valence-electron chi connectivity index (χ2n) is 4.74. The lowest BCUT2D eigenvalue weighted by molar-refractivity contribution is 0.624. The summed E-state index contributed by atoms with van der Waals surface area (Å²) < 4.78 is 15.2. The van der Waals surface area contributed by atoms with E-state index in [1.807, 2.05) is 19.2 Å². The predicted octanol–water partition coefficient (Wildman–Crippen LogP) is 3.74. The minimum atomic E-state index is -0.204. The largest absolute Gasteiger partial charge is 0.352 e. The Kier molecular flexibility index (Phi) is 4.55. The number of nitrogens with one attached hydrogen (secondary N) is 1. The van der Waals surface area contributed by atoms with Crippen molar-refractivity contribution in [3.05, 3.63) is 47.5 Å². The first-order valence-corrected chi connectivity index (χ1v) is 6.71. The number of hydrogen-bond donors (Lipinski definition) is 1. The van der Waals surface area contributed by atoms with Crippen molar-refractivity contribution in [1.82, 2.24) is 9.55 Å². The van der Waals surface area contributed by atoms with E-state index < -0.39 is 0 Å². The molecular formula is C15H20FN3. The number of rotatable bonds is 6. The Balaban J connectivity index is 2.02. The van der Waals surface area contributed by atoms with Crippen molar-refractivity contribution in [3.8, 4) is 0 Å². The minimum absolute atomic E-state index is 0.204. The molecule has 2 aromatic rings. The number of benzene rings is 1. The summed E-state index contributed by atoms with van der Waals surface area (Å²) in [5.41, 5.74) is 1.92. The first-order valence-electron chi connectivity index (χ1n) is 6.71. The first kappa shape index (κ1) is 13.6. The lowest BCUT2D eigenvalue weighted by Gasteiger charge is -2.09. The molecule has 3 nitrogen and oxygen atoms in total. The highest BCUT2D eigenvalue weighted by Gasteiger charge is 2.05.